The number of hydrogen-bond donors (Lipinski definition) is 1. The molecule has 0 aromatic heterocycles. The lowest BCUT2D eigenvalue weighted by atomic mass is 10.0. The number of esters is 2. The summed E-state index contributed by atoms with van der Waals surface area (Å²) < 4.78 is 9.40. The predicted octanol–water partition coefficient (Wildman–Crippen LogP) is 0.840. The quantitative estimate of drug-likeness (QED) is 0.622. The molecule has 118 valence electrons. The largest absolute Gasteiger partial charge is 0.468 e. The fraction of sp³-hybridized carbons (Fsp3) is 0.438. The summed E-state index contributed by atoms with van der Waals surface area (Å²) in [4.78, 5) is 35.9. The molecule has 1 aliphatic carbocycles. The van der Waals surface area contributed by atoms with Crippen LogP contribution in [0.25, 0.3) is 0 Å². The van der Waals surface area contributed by atoms with Gasteiger partial charge in [0, 0.05) is 6.42 Å². The highest BCUT2D eigenvalue weighted by Gasteiger charge is 2.58. The highest BCUT2D eigenvalue weighted by atomic mass is 16.5. The molecule has 0 aliphatic heterocycles. The van der Waals surface area contributed by atoms with Gasteiger partial charge < -0.3 is 14.8 Å². The minimum absolute atomic E-state index is 0.302. The monoisotopic (exact) mass is 305 g/mol. The Morgan fingerprint density at radius 2 is 1.77 bits per heavy atom. The van der Waals surface area contributed by atoms with Crippen LogP contribution in [0.2, 0.25) is 0 Å². The first-order chi connectivity index (χ1) is 10.5. The molecule has 1 amide bonds. The topological polar surface area (TPSA) is 81.7 Å². The van der Waals surface area contributed by atoms with Crippen LogP contribution in [-0.2, 0) is 30.3 Å². The van der Waals surface area contributed by atoms with Gasteiger partial charge in [-0.05, 0) is 18.4 Å². The average molecular weight is 305 g/mol. The molecule has 1 fully saturated rings. The van der Waals surface area contributed by atoms with Crippen LogP contribution in [-0.4, -0.2) is 38.1 Å². The SMILES string of the molecule is COC(=O)C(Cc1ccccc1)NC(=O)C1(C(=O)OC)CC1. The predicted molar refractivity (Wildman–Crippen MR) is 77.8 cm³/mol. The molecule has 22 heavy (non-hydrogen) atoms. The first kappa shape index (κ1) is 16.0. The van der Waals surface area contributed by atoms with E-state index in [0.29, 0.717) is 19.3 Å². The molecule has 0 saturated heterocycles. The smallest absolute Gasteiger partial charge is 0.328 e. The van der Waals surface area contributed by atoms with E-state index in [4.69, 9.17) is 4.74 Å². The molecule has 6 heteroatoms. The molecule has 0 radical (unpaired) electrons. The van der Waals surface area contributed by atoms with Crippen molar-refractivity contribution >= 4 is 17.8 Å². The van der Waals surface area contributed by atoms with Gasteiger partial charge in [0.1, 0.15) is 11.5 Å². The number of nitrogens with one attached hydrogen (secondary N) is 1. The van der Waals surface area contributed by atoms with Crippen molar-refractivity contribution in [1.82, 2.24) is 5.32 Å². The first-order valence-corrected chi connectivity index (χ1v) is 7.04. The van der Waals surface area contributed by atoms with Crippen molar-refractivity contribution < 1.29 is 23.9 Å². The summed E-state index contributed by atoms with van der Waals surface area (Å²) in [6, 6.07) is 8.45. The third-order valence-electron chi connectivity index (χ3n) is 3.83. The lowest BCUT2D eigenvalue weighted by molar-refractivity contribution is -0.154. The summed E-state index contributed by atoms with van der Waals surface area (Å²) in [5.74, 6) is -1.59. The zero-order chi connectivity index (χ0) is 16.2. The van der Waals surface area contributed by atoms with Gasteiger partial charge in [0.2, 0.25) is 5.91 Å². The van der Waals surface area contributed by atoms with Crippen LogP contribution in [0.4, 0.5) is 0 Å². The molecule has 1 aliphatic rings. The van der Waals surface area contributed by atoms with Gasteiger partial charge in [0.05, 0.1) is 14.2 Å². The highest BCUT2D eigenvalue weighted by molar-refractivity contribution is 6.06. The maximum atomic E-state index is 12.3. The Morgan fingerprint density at radius 3 is 2.27 bits per heavy atom. The van der Waals surface area contributed by atoms with Gasteiger partial charge in [0.25, 0.3) is 0 Å². The van der Waals surface area contributed by atoms with Gasteiger partial charge in [-0.2, -0.15) is 0 Å². The van der Waals surface area contributed by atoms with Gasteiger partial charge in [-0.1, -0.05) is 30.3 Å². The lowest BCUT2D eigenvalue weighted by Gasteiger charge is -2.19. The summed E-state index contributed by atoms with van der Waals surface area (Å²) in [5.41, 5.74) is -0.251. The van der Waals surface area contributed by atoms with E-state index < -0.39 is 29.3 Å². The summed E-state index contributed by atoms with van der Waals surface area (Å²) in [5, 5.41) is 2.62. The highest BCUT2D eigenvalue weighted by Crippen LogP contribution is 2.47. The van der Waals surface area contributed by atoms with Crippen molar-refractivity contribution in [3.63, 3.8) is 0 Å². The molecular weight excluding hydrogens is 286 g/mol. The number of carbonyl (C=O) groups is 3. The fourth-order valence-corrected chi connectivity index (χ4v) is 2.33. The van der Waals surface area contributed by atoms with E-state index in [1.54, 1.807) is 0 Å². The van der Waals surface area contributed by atoms with Crippen molar-refractivity contribution in [2.45, 2.75) is 25.3 Å². The lowest BCUT2D eigenvalue weighted by Crippen LogP contribution is -2.48. The van der Waals surface area contributed by atoms with Crippen LogP contribution in [0, 0.1) is 5.41 Å². The summed E-state index contributed by atoms with van der Waals surface area (Å²) in [6.07, 6.45) is 1.17. The van der Waals surface area contributed by atoms with Gasteiger partial charge in [-0.15, -0.1) is 0 Å². The number of amides is 1. The zero-order valence-electron chi connectivity index (χ0n) is 12.6. The number of benzene rings is 1. The Hall–Kier alpha value is -2.37. The normalized spacial score (nSPS) is 16.3. The summed E-state index contributed by atoms with van der Waals surface area (Å²) in [7, 11) is 2.51. The minimum Gasteiger partial charge on any atom is -0.468 e. The number of carbonyl (C=O) groups excluding carboxylic acids is 3. The van der Waals surface area contributed by atoms with Gasteiger partial charge >= 0.3 is 11.9 Å². The third-order valence-corrected chi connectivity index (χ3v) is 3.83. The Bertz CT molecular complexity index is 565. The number of methoxy groups -OCH3 is 2. The standard InChI is InChI=1S/C16H19NO5/c1-21-13(18)12(10-11-6-4-3-5-7-11)17-14(19)16(8-9-16)15(20)22-2/h3-7,12H,8-10H2,1-2H3,(H,17,19). The van der Waals surface area contributed by atoms with Crippen LogP contribution in [0.5, 0.6) is 0 Å². The van der Waals surface area contributed by atoms with E-state index in [1.807, 2.05) is 30.3 Å². The first-order valence-electron chi connectivity index (χ1n) is 7.04. The second-order valence-corrected chi connectivity index (χ2v) is 5.31. The number of rotatable bonds is 6. The maximum absolute atomic E-state index is 12.3. The molecule has 1 aromatic carbocycles. The Balaban J connectivity index is 2.09. The van der Waals surface area contributed by atoms with E-state index in [9.17, 15) is 14.4 Å². The molecule has 1 aromatic rings. The molecule has 2 rings (SSSR count). The van der Waals surface area contributed by atoms with Gasteiger partial charge in [-0.3, -0.25) is 9.59 Å². The zero-order valence-corrected chi connectivity index (χ0v) is 12.6. The van der Waals surface area contributed by atoms with Crippen LogP contribution in [0.1, 0.15) is 18.4 Å². The van der Waals surface area contributed by atoms with E-state index in [2.05, 4.69) is 10.1 Å². The average Bonchev–Trinajstić information content (AvgIpc) is 3.35. The molecule has 6 nitrogen and oxygen atoms in total. The van der Waals surface area contributed by atoms with Crippen molar-refractivity contribution in [3.8, 4) is 0 Å². The second-order valence-electron chi connectivity index (χ2n) is 5.31. The van der Waals surface area contributed by atoms with Crippen molar-refractivity contribution in [2.24, 2.45) is 5.41 Å². The Kier molecular flexibility index (Phi) is 4.80. The van der Waals surface area contributed by atoms with Crippen LogP contribution < -0.4 is 5.32 Å². The van der Waals surface area contributed by atoms with E-state index >= 15 is 0 Å². The number of ether oxygens (including phenoxy) is 2. The van der Waals surface area contributed by atoms with E-state index in [-0.39, 0.29) is 0 Å². The molecule has 0 bridgehead atoms. The minimum atomic E-state index is -1.14. The fourth-order valence-electron chi connectivity index (χ4n) is 2.33. The van der Waals surface area contributed by atoms with Crippen molar-refractivity contribution in [2.75, 3.05) is 14.2 Å². The van der Waals surface area contributed by atoms with E-state index in [1.165, 1.54) is 14.2 Å². The van der Waals surface area contributed by atoms with Crippen LogP contribution in [0.15, 0.2) is 30.3 Å². The second kappa shape index (κ2) is 6.60. The van der Waals surface area contributed by atoms with Crippen LogP contribution in [0.3, 0.4) is 0 Å². The molecule has 1 saturated carbocycles. The van der Waals surface area contributed by atoms with Gasteiger partial charge in [-0.25, -0.2) is 4.79 Å². The summed E-state index contributed by atoms with van der Waals surface area (Å²) >= 11 is 0. The molecule has 0 heterocycles. The Morgan fingerprint density at radius 1 is 1.14 bits per heavy atom. The molecule has 1 atom stereocenters. The van der Waals surface area contributed by atoms with Crippen LogP contribution >= 0.6 is 0 Å². The molecular formula is C16H19NO5. The number of hydrogen-bond acceptors (Lipinski definition) is 5. The van der Waals surface area contributed by atoms with Crippen molar-refractivity contribution in [1.29, 1.82) is 0 Å². The van der Waals surface area contributed by atoms with Gasteiger partial charge in [0.15, 0.2) is 0 Å². The Labute approximate surface area is 128 Å². The van der Waals surface area contributed by atoms with Crippen molar-refractivity contribution in [3.05, 3.63) is 35.9 Å². The maximum Gasteiger partial charge on any atom is 0.328 e. The van der Waals surface area contributed by atoms with E-state index in [0.717, 1.165) is 5.56 Å². The molecule has 0 spiro atoms. The molecule has 1 N–H and O–H groups in total. The third kappa shape index (κ3) is 3.27. The summed E-state index contributed by atoms with van der Waals surface area (Å²) in [6.45, 7) is 0. The molecule has 1 unspecified atom stereocenters.